The van der Waals surface area contributed by atoms with E-state index in [0.29, 0.717) is 12.0 Å². The van der Waals surface area contributed by atoms with Crippen LogP contribution in [0.3, 0.4) is 0 Å². The van der Waals surface area contributed by atoms with Gasteiger partial charge >= 0.3 is 5.97 Å². The zero-order valence-corrected chi connectivity index (χ0v) is 51.5. The molecule has 1 fully saturated rings. The number of nitrogens with one attached hydrogen (secondary N) is 10. The summed E-state index contributed by atoms with van der Waals surface area (Å²) < 4.78 is 0. The SMILES string of the molecule is CC(C)C[C@H](N)C(=O)NCC(=O)N[C@@H](CCC(N)=O)C(=O)NCC(=O)N[C@@H](CO)C(=O)NC(Cc1ccccc1)C(=O)N[C@@H](CCCN=C(N)N)C(=O)N1CCC[C@H]1C(=O)N[C@@H](CO)C(=O)N[C@@H](CCC(N)=O)C(=O)N[C@@H](CCC(N)=O)C(=O)N[C@@H](CC(N)=O)C(=O)O. The van der Waals surface area contributed by atoms with Gasteiger partial charge in [-0.2, -0.15) is 0 Å². The summed E-state index contributed by atoms with van der Waals surface area (Å²) in [5, 5.41) is 53.2. The molecule has 1 heterocycles. The predicted molar refractivity (Wildman–Crippen MR) is 325 cm³/mol. The number of aliphatic hydroxyl groups excluding tert-OH is 2. The normalized spacial score (nSPS) is 15.4. The summed E-state index contributed by atoms with van der Waals surface area (Å²) in [7, 11) is 0. The zero-order valence-electron chi connectivity index (χ0n) is 51.5. The van der Waals surface area contributed by atoms with Crippen molar-refractivity contribution in [2.24, 2.45) is 51.0 Å². The Hall–Kier alpha value is -10.1. The molecular weight excluding hydrogens is 1230 g/mol. The maximum absolute atomic E-state index is 14.6. The number of hydrogen-bond donors (Lipinski definition) is 20. The third kappa shape index (κ3) is 30.0. The van der Waals surface area contributed by atoms with E-state index in [1.54, 1.807) is 30.3 Å². The lowest BCUT2D eigenvalue weighted by molar-refractivity contribution is -0.144. The van der Waals surface area contributed by atoms with Crippen LogP contribution >= 0.6 is 0 Å². The van der Waals surface area contributed by atoms with Gasteiger partial charge in [-0.1, -0.05) is 44.2 Å². The second-order valence-electron chi connectivity index (χ2n) is 22.0. The van der Waals surface area contributed by atoms with Gasteiger partial charge in [0.2, 0.25) is 88.6 Å². The Morgan fingerprint density at radius 3 is 1.45 bits per heavy atom. The molecule has 0 saturated carbocycles. The Kier molecular flexibility index (Phi) is 34.5. The number of hydrogen-bond acceptors (Lipinski definition) is 20. The van der Waals surface area contributed by atoms with Crippen LogP contribution in [-0.2, 0) is 83.1 Å². The molecule has 1 saturated heterocycles. The summed E-state index contributed by atoms with van der Waals surface area (Å²) in [6.45, 7) is -0.172. The van der Waals surface area contributed by atoms with E-state index in [1.165, 1.54) is 0 Å². The molecule has 93 heavy (non-hydrogen) atoms. The first kappa shape index (κ1) is 79.0. The van der Waals surface area contributed by atoms with Gasteiger partial charge in [-0.05, 0) is 62.8 Å². The van der Waals surface area contributed by atoms with Crippen LogP contribution < -0.4 is 93.3 Å². The fourth-order valence-electron chi connectivity index (χ4n) is 9.10. The van der Waals surface area contributed by atoms with E-state index >= 15 is 0 Å². The van der Waals surface area contributed by atoms with Crippen molar-refractivity contribution in [3.8, 4) is 0 Å². The zero-order chi connectivity index (χ0) is 70.1. The van der Waals surface area contributed by atoms with Gasteiger partial charge in [-0.3, -0.25) is 76.9 Å². The average molecular weight is 1320 g/mol. The first-order valence-electron chi connectivity index (χ1n) is 29.5. The van der Waals surface area contributed by atoms with E-state index in [4.69, 9.17) is 40.1 Å². The summed E-state index contributed by atoms with van der Waals surface area (Å²) >= 11 is 0. The fraction of sp³-hybridized carbons (Fsp3) is 0.582. The van der Waals surface area contributed by atoms with Gasteiger partial charge in [-0.25, -0.2) is 4.79 Å². The van der Waals surface area contributed by atoms with E-state index in [9.17, 15) is 92.0 Å². The van der Waals surface area contributed by atoms with Gasteiger partial charge in [0.1, 0.15) is 54.4 Å². The van der Waals surface area contributed by atoms with Gasteiger partial charge in [0.15, 0.2) is 5.96 Å². The van der Waals surface area contributed by atoms with Crippen LogP contribution in [0, 0.1) is 5.92 Å². The van der Waals surface area contributed by atoms with E-state index in [2.05, 4.69) is 52.8 Å². The van der Waals surface area contributed by atoms with E-state index < -0.39 is 220 Å². The van der Waals surface area contributed by atoms with Gasteiger partial charge < -0.3 is 114 Å². The van der Waals surface area contributed by atoms with E-state index in [1.807, 2.05) is 19.2 Å². The average Bonchev–Trinajstić information content (AvgIpc) is 1.78. The van der Waals surface area contributed by atoms with Gasteiger partial charge in [0.05, 0.1) is 38.8 Å². The summed E-state index contributed by atoms with van der Waals surface area (Å²) in [6.07, 6.45) is -3.81. The number of primary amides is 4. The highest BCUT2D eigenvalue weighted by Gasteiger charge is 2.41. The molecule has 0 bridgehead atoms. The Labute approximate surface area is 533 Å². The number of guanidine groups is 1. The van der Waals surface area contributed by atoms with Gasteiger partial charge in [0, 0.05) is 38.8 Å². The summed E-state index contributed by atoms with van der Waals surface area (Å²) in [5.74, 6) is -17.1. The number of likely N-dealkylation sites (tertiary alicyclic amines) is 1. The smallest absolute Gasteiger partial charge is 0.326 e. The molecule has 38 heteroatoms. The van der Waals surface area contributed by atoms with E-state index in [-0.39, 0.29) is 63.5 Å². The summed E-state index contributed by atoms with van der Waals surface area (Å²) in [4.78, 5) is 213. The fourth-order valence-corrected chi connectivity index (χ4v) is 9.10. The third-order valence-corrected chi connectivity index (χ3v) is 13.8. The van der Waals surface area contributed by atoms with Crippen LogP contribution in [0.4, 0.5) is 0 Å². The van der Waals surface area contributed by atoms with Gasteiger partial charge in [-0.15, -0.1) is 0 Å². The van der Waals surface area contributed by atoms with Crippen LogP contribution in [-0.4, -0.2) is 221 Å². The summed E-state index contributed by atoms with van der Waals surface area (Å²) in [5.41, 5.74) is 38.2. The van der Waals surface area contributed by atoms with E-state index in [0.717, 1.165) is 4.90 Å². The number of carboxylic acids is 1. The second-order valence-corrected chi connectivity index (χ2v) is 22.0. The molecule has 1 aromatic carbocycles. The third-order valence-electron chi connectivity index (χ3n) is 13.8. The quantitative estimate of drug-likeness (QED) is 0.0164. The van der Waals surface area contributed by atoms with Crippen LogP contribution in [0.1, 0.15) is 96.5 Å². The topological polar surface area (TPSA) is 652 Å². The van der Waals surface area contributed by atoms with Crippen molar-refractivity contribution in [1.29, 1.82) is 0 Å². The molecule has 1 aliphatic rings. The molecule has 2 rings (SSSR count). The van der Waals surface area contributed by atoms with Gasteiger partial charge in [0.25, 0.3) is 0 Å². The monoisotopic (exact) mass is 1320 g/mol. The Morgan fingerprint density at radius 2 is 0.978 bits per heavy atom. The highest BCUT2D eigenvalue weighted by atomic mass is 16.4. The number of nitrogens with two attached hydrogens (primary N) is 7. The lowest BCUT2D eigenvalue weighted by Gasteiger charge is -2.31. The molecule has 10 atom stereocenters. The van der Waals surface area contributed by atoms with Crippen molar-refractivity contribution in [2.45, 2.75) is 158 Å². The number of amides is 15. The molecule has 15 amide bonds. The lowest BCUT2D eigenvalue weighted by Crippen LogP contribution is -2.61. The number of carbonyl (C=O) groups excluding carboxylic acids is 15. The van der Waals surface area contributed by atoms with Crippen molar-refractivity contribution >= 4 is 101 Å². The minimum Gasteiger partial charge on any atom is -0.480 e. The van der Waals surface area contributed by atoms with Crippen LogP contribution in [0.5, 0.6) is 0 Å². The first-order chi connectivity index (χ1) is 43.8. The number of rotatable bonds is 43. The number of carboxylic acid groups (broad SMARTS) is 1. The predicted octanol–water partition coefficient (Wildman–Crippen LogP) is -10.5. The second kappa shape index (κ2) is 40.6. The Bertz CT molecular complexity index is 2860. The highest BCUT2D eigenvalue weighted by molar-refractivity contribution is 5.99. The van der Waals surface area contributed by atoms with Crippen molar-refractivity contribution in [1.82, 2.24) is 58.1 Å². The molecule has 38 nitrogen and oxygen atoms in total. The number of aliphatic carboxylic acids is 1. The standard InChI is InChI=1S/C55H87N19O19/c1-27(2)20-29(56)45(83)64-23-43(81)66-30(12-15-39(57)77)46(84)65-24-44(82)67-36(25-75)50(88)71-34(21-28-8-4-3-5-9-28)49(87)70-33(10-6-18-63-55(61)62)53(91)74-19-7-11-38(74)52(90)73-37(26-76)51(89)69-31(13-16-40(58)78)47(85)68-32(14-17-41(59)79)48(86)72-35(54(92)93)22-42(60)80/h3-5,8-9,27,29-38,75-76H,6-7,10-26,56H2,1-2H3,(H2,57,77)(H2,58,78)(H2,59,79)(H2,60,80)(H,64,83)(H,65,84)(H,66,81)(H,67,82)(H,68,85)(H,69,89)(H,70,87)(H,71,88)(H,72,86)(H,73,90)(H,92,93)(H4,61,62,63)/t29-,30-,31-,32-,33-,34?,35-,36-,37-,38-/m0/s1. The number of nitrogens with zero attached hydrogens (tertiary/aromatic N) is 2. The minimum atomic E-state index is -1.89. The maximum atomic E-state index is 14.6. The first-order valence-corrected chi connectivity index (χ1v) is 29.5. The van der Waals surface area contributed by atoms with Crippen molar-refractivity contribution in [3.05, 3.63) is 35.9 Å². The maximum Gasteiger partial charge on any atom is 0.326 e. The molecule has 1 aromatic rings. The minimum absolute atomic E-state index is 0.0281. The highest BCUT2D eigenvalue weighted by Crippen LogP contribution is 2.21. The molecule has 0 aliphatic carbocycles. The Balaban J connectivity index is 2.38. The molecule has 0 spiro atoms. The molecule has 0 radical (unpaired) electrons. The molecule has 516 valence electrons. The molecule has 0 aromatic heterocycles. The molecular formula is C55H87N19O19. The number of benzene rings is 1. The van der Waals surface area contributed by atoms with Crippen molar-refractivity contribution in [3.63, 3.8) is 0 Å². The van der Waals surface area contributed by atoms with Crippen molar-refractivity contribution in [2.75, 3.05) is 39.4 Å². The van der Waals surface area contributed by atoms with Crippen molar-refractivity contribution < 1.29 is 92.0 Å². The number of aliphatic hydroxyl groups is 2. The van der Waals surface area contributed by atoms with Crippen LogP contribution in [0.15, 0.2) is 35.3 Å². The lowest BCUT2D eigenvalue weighted by atomic mass is 10.0. The molecule has 1 unspecified atom stereocenters. The van der Waals surface area contributed by atoms with Crippen LogP contribution in [0.25, 0.3) is 0 Å². The summed E-state index contributed by atoms with van der Waals surface area (Å²) in [6, 6.07) is -7.85. The number of aliphatic imine (C=N–C) groups is 1. The number of carbonyl (C=O) groups is 16. The van der Waals surface area contributed by atoms with Crippen LogP contribution in [0.2, 0.25) is 0 Å². The largest absolute Gasteiger partial charge is 0.480 e. The molecule has 27 N–H and O–H groups in total. The Morgan fingerprint density at radius 1 is 0.538 bits per heavy atom. The molecule has 1 aliphatic heterocycles.